The molecule has 1 unspecified atom stereocenters. The minimum Gasteiger partial charge on any atom is -0.310 e. The largest absolute Gasteiger partial charge is 0.310 e. The van der Waals surface area contributed by atoms with E-state index in [9.17, 15) is 10.1 Å². The number of halogens is 1. The average molecular weight is 315 g/mol. The molecule has 0 saturated carbocycles. The van der Waals surface area contributed by atoms with E-state index in [1.807, 2.05) is 6.07 Å². The lowest BCUT2D eigenvalue weighted by Gasteiger charge is -2.16. The summed E-state index contributed by atoms with van der Waals surface area (Å²) in [7, 11) is 0. The van der Waals surface area contributed by atoms with Crippen molar-refractivity contribution in [1.29, 1.82) is 0 Å². The first kappa shape index (κ1) is 15.1. The first-order chi connectivity index (χ1) is 8.58. The summed E-state index contributed by atoms with van der Waals surface area (Å²) in [6.07, 6.45) is 3.25. The molecule has 1 aromatic rings. The van der Waals surface area contributed by atoms with E-state index in [2.05, 4.69) is 35.1 Å². The van der Waals surface area contributed by atoms with E-state index in [0.717, 1.165) is 29.3 Å². The topological polar surface area (TPSA) is 55.2 Å². The Bertz CT molecular complexity index is 410. The zero-order valence-electron chi connectivity index (χ0n) is 10.8. The van der Waals surface area contributed by atoms with Crippen LogP contribution < -0.4 is 5.32 Å². The molecule has 0 aliphatic rings. The molecule has 0 fully saturated rings. The van der Waals surface area contributed by atoms with Crippen LogP contribution in [-0.4, -0.2) is 11.0 Å². The summed E-state index contributed by atoms with van der Waals surface area (Å²) in [6.45, 7) is 4.81. The number of nitro groups is 1. The zero-order chi connectivity index (χ0) is 13.5. The molecule has 1 rings (SSSR count). The molecule has 5 heteroatoms. The molecule has 0 saturated heterocycles. The summed E-state index contributed by atoms with van der Waals surface area (Å²) < 4.78 is 0.869. The molecule has 0 bridgehead atoms. The fraction of sp³-hybridized carbons (Fsp3) is 0.538. The Balaban J connectivity index is 2.76. The van der Waals surface area contributed by atoms with E-state index in [4.69, 9.17) is 0 Å². The third kappa shape index (κ3) is 4.38. The molecule has 18 heavy (non-hydrogen) atoms. The number of hydrogen-bond acceptors (Lipinski definition) is 3. The van der Waals surface area contributed by atoms with Crippen LogP contribution in [0.2, 0.25) is 0 Å². The molecular weight excluding hydrogens is 296 g/mol. The molecule has 1 atom stereocenters. The van der Waals surface area contributed by atoms with Gasteiger partial charge in [0.1, 0.15) is 0 Å². The predicted molar refractivity (Wildman–Crippen MR) is 76.6 cm³/mol. The standard InChI is InChI=1S/C13H19BrN2O2/c1-3-5-12(4-2)15-9-10-8-11(14)6-7-13(10)16(17)18/h6-8,12,15H,3-5,9H2,1-2H3. The fourth-order valence-electron chi connectivity index (χ4n) is 1.93. The van der Waals surface area contributed by atoms with Gasteiger partial charge >= 0.3 is 0 Å². The number of rotatable bonds is 7. The highest BCUT2D eigenvalue weighted by molar-refractivity contribution is 9.10. The molecule has 0 amide bonds. The van der Waals surface area contributed by atoms with Crippen LogP contribution in [-0.2, 0) is 6.54 Å². The third-order valence-corrected chi connectivity index (χ3v) is 3.44. The second-order valence-electron chi connectivity index (χ2n) is 4.30. The zero-order valence-corrected chi connectivity index (χ0v) is 12.4. The van der Waals surface area contributed by atoms with Crippen LogP contribution in [0.5, 0.6) is 0 Å². The molecule has 4 nitrogen and oxygen atoms in total. The van der Waals surface area contributed by atoms with E-state index in [1.54, 1.807) is 12.1 Å². The van der Waals surface area contributed by atoms with Gasteiger partial charge < -0.3 is 5.32 Å². The molecule has 1 N–H and O–H groups in total. The maximum Gasteiger partial charge on any atom is 0.273 e. The van der Waals surface area contributed by atoms with Gasteiger partial charge in [-0.25, -0.2) is 0 Å². The minimum atomic E-state index is -0.329. The Kier molecular flexibility index (Phi) is 6.29. The highest BCUT2D eigenvalue weighted by Crippen LogP contribution is 2.23. The molecule has 0 heterocycles. The van der Waals surface area contributed by atoms with Gasteiger partial charge in [0, 0.05) is 28.7 Å². The molecule has 0 radical (unpaired) electrons. The van der Waals surface area contributed by atoms with Gasteiger partial charge in [0.05, 0.1) is 4.92 Å². The number of nitrogens with one attached hydrogen (secondary N) is 1. The van der Waals surface area contributed by atoms with Gasteiger partial charge in [0.25, 0.3) is 5.69 Å². The summed E-state index contributed by atoms with van der Waals surface area (Å²) in [5.74, 6) is 0. The van der Waals surface area contributed by atoms with E-state index >= 15 is 0 Å². The molecule has 1 aromatic carbocycles. The second kappa shape index (κ2) is 7.48. The van der Waals surface area contributed by atoms with Gasteiger partial charge in [0.15, 0.2) is 0 Å². The van der Waals surface area contributed by atoms with E-state index in [0.29, 0.717) is 12.6 Å². The Hall–Kier alpha value is -0.940. The summed E-state index contributed by atoms with van der Waals surface area (Å²) >= 11 is 3.35. The van der Waals surface area contributed by atoms with Crippen LogP contribution in [0.3, 0.4) is 0 Å². The van der Waals surface area contributed by atoms with Crippen LogP contribution in [0.4, 0.5) is 5.69 Å². The lowest BCUT2D eigenvalue weighted by atomic mass is 10.1. The van der Waals surface area contributed by atoms with Crippen molar-refractivity contribution in [3.8, 4) is 0 Å². The van der Waals surface area contributed by atoms with Crippen molar-refractivity contribution < 1.29 is 4.92 Å². The van der Waals surface area contributed by atoms with Crippen molar-refractivity contribution in [1.82, 2.24) is 5.32 Å². The van der Waals surface area contributed by atoms with Gasteiger partial charge in [-0.15, -0.1) is 0 Å². The quantitative estimate of drug-likeness (QED) is 0.610. The Morgan fingerprint density at radius 3 is 2.72 bits per heavy atom. The van der Waals surface area contributed by atoms with Gasteiger partial charge in [-0.3, -0.25) is 10.1 Å². The van der Waals surface area contributed by atoms with Crippen LogP contribution in [0, 0.1) is 10.1 Å². The number of nitro benzene ring substituents is 1. The van der Waals surface area contributed by atoms with E-state index in [1.165, 1.54) is 0 Å². The van der Waals surface area contributed by atoms with Crippen LogP contribution >= 0.6 is 15.9 Å². The molecule has 0 aliphatic heterocycles. The van der Waals surface area contributed by atoms with E-state index < -0.39 is 0 Å². The molecule has 0 aromatic heterocycles. The summed E-state index contributed by atoms with van der Waals surface area (Å²) in [4.78, 5) is 10.6. The van der Waals surface area contributed by atoms with Crippen molar-refractivity contribution in [3.05, 3.63) is 38.3 Å². The first-order valence-corrected chi connectivity index (χ1v) is 7.04. The van der Waals surface area contributed by atoms with Gasteiger partial charge in [-0.2, -0.15) is 0 Å². The average Bonchev–Trinajstić information content (AvgIpc) is 2.34. The Morgan fingerprint density at radius 2 is 2.17 bits per heavy atom. The van der Waals surface area contributed by atoms with Gasteiger partial charge in [0.2, 0.25) is 0 Å². The number of hydrogen-bond donors (Lipinski definition) is 1. The monoisotopic (exact) mass is 314 g/mol. The summed E-state index contributed by atoms with van der Waals surface area (Å²) in [5.41, 5.74) is 0.904. The summed E-state index contributed by atoms with van der Waals surface area (Å²) in [5, 5.41) is 14.3. The van der Waals surface area contributed by atoms with Crippen molar-refractivity contribution in [2.45, 2.75) is 45.7 Å². The maximum absolute atomic E-state index is 10.9. The third-order valence-electron chi connectivity index (χ3n) is 2.95. The van der Waals surface area contributed by atoms with Crippen LogP contribution in [0.1, 0.15) is 38.7 Å². The highest BCUT2D eigenvalue weighted by atomic mass is 79.9. The minimum absolute atomic E-state index is 0.178. The predicted octanol–water partition coefficient (Wildman–Crippen LogP) is 4.03. The summed E-state index contributed by atoms with van der Waals surface area (Å²) in [6, 6.07) is 5.48. The van der Waals surface area contributed by atoms with Gasteiger partial charge in [-0.05, 0) is 25.0 Å². The number of nitrogens with zero attached hydrogens (tertiary/aromatic N) is 1. The van der Waals surface area contributed by atoms with Crippen LogP contribution in [0.25, 0.3) is 0 Å². The molecule has 0 spiro atoms. The van der Waals surface area contributed by atoms with Crippen molar-refractivity contribution in [3.63, 3.8) is 0 Å². The molecule has 0 aliphatic carbocycles. The van der Waals surface area contributed by atoms with Crippen molar-refractivity contribution >= 4 is 21.6 Å². The Morgan fingerprint density at radius 1 is 1.44 bits per heavy atom. The van der Waals surface area contributed by atoms with Crippen molar-refractivity contribution in [2.24, 2.45) is 0 Å². The maximum atomic E-state index is 10.9. The highest BCUT2D eigenvalue weighted by Gasteiger charge is 2.14. The fourth-order valence-corrected chi connectivity index (χ4v) is 2.34. The Labute approximate surface area is 116 Å². The smallest absolute Gasteiger partial charge is 0.273 e. The van der Waals surface area contributed by atoms with Gasteiger partial charge in [-0.1, -0.05) is 36.2 Å². The van der Waals surface area contributed by atoms with Crippen molar-refractivity contribution in [2.75, 3.05) is 0 Å². The van der Waals surface area contributed by atoms with Crippen LogP contribution in [0.15, 0.2) is 22.7 Å². The SMILES string of the molecule is CCCC(CC)NCc1cc(Br)ccc1[N+](=O)[O-]. The normalized spacial score (nSPS) is 12.4. The second-order valence-corrected chi connectivity index (χ2v) is 5.22. The molecular formula is C13H19BrN2O2. The number of benzene rings is 1. The lowest BCUT2D eigenvalue weighted by Crippen LogP contribution is -2.27. The lowest BCUT2D eigenvalue weighted by molar-refractivity contribution is -0.385. The first-order valence-electron chi connectivity index (χ1n) is 6.24. The van der Waals surface area contributed by atoms with E-state index in [-0.39, 0.29) is 10.6 Å². The molecule has 100 valence electrons.